The fourth-order valence-electron chi connectivity index (χ4n) is 2.68. The number of piperazine rings is 1. The SMILES string of the molecule is CN1CCN(CCCNC(=O)c2cc(C(=O)O)cc(C(=O)O)c2)CC1. The maximum absolute atomic E-state index is 12.2. The van der Waals surface area contributed by atoms with Gasteiger partial charge in [0.25, 0.3) is 5.91 Å². The summed E-state index contributed by atoms with van der Waals surface area (Å²) >= 11 is 0. The van der Waals surface area contributed by atoms with Crippen molar-refractivity contribution in [3.8, 4) is 0 Å². The van der Waals surface area contributed by atoms with Crippen LogP contribution in [0.15, 0.2) is 18.2 Å². The predicted molar refractivity (Wildman–Crippen MR) is 91.2 cm³/mol. The highest BCUT2D eigenvalue weighted by Crippen LogP contribution is 2.11. The van der Waals surface area contributed by atoms with Gasteiger partial charge in [0.05, 0.1) is 11.1 Å². The topological polar surface area (TPSA) is 110 Å². The molecule has 25 heavy (non-hydrogen) atoms. The third kappa shape index (κ3) is 5.54. The number of carboxylic acids is 2. The van der Waals surface area contributed by atoms with Crippen LogP contribution in [0, 0.1) is 0 Å². The van der Waals surface area contributed by atoms with Gasteiger partial charge in [0.15, 0.2) is 0 Å². The van der Waals surface area contributed by atoms with Crippen LogP contribution in [0.25, 0.3) is 0 Å². The first-order valence-electron chi connectivity index (χ1n) is 8.17. The second-order valence-electron chi connectivity index (χ2n) is 6.16. The zero-order valence-electron chi connectivity index (χ0n) is 14.2. The molecule has 2 rings (SSSR count). The van der Waals surface area contributed by atoms with Crippen molar-refractivity contribution in [3.63, 3.8) is 0 Å². The summed E-state index contributed by atoms with van der Waals surface area (Å²) < 4.78 is 0. The summed E-state index contributed by atoms with van der Waals surface area (Å²) in [6.45, 7) is 5.41. The van der Waals surface area contributed by atoms with Gasteiger partial charge < -0.3 is 25.3 Å². The number of amides is 1. The van der Waals surface area contributed by atoms with E-state index in [0.29, 0.717) is 6.54 Å². The number of nitrogens with one attached hydrogen (secondary N) is 1. The maximum Gasteiger partial charge on any atom is 0.335 e. The smallest absolute Gasteiger partial charge is 0.335 e. The molecule has 1 fully saturated rings. The molecule has 0 saturated carbocycles. The molecule has 1 heterocycles. The minimum absolute atomic E-state index is 0.0388. The highest BCUT2D eigenvalue weighted by Gasteiger charge is 2.16. The van der Waals surface area contributed by atoms with Gasteiger partial charge in [0, 0.05) is 38.3 Å². The van der Waals surface area contributed by atoms with Gasteiger partial charge in [0.2, 0.25) is 0 Å². The van der Waals surface area contributed by atoms with Crippen molar-refractivity contribution in [1.82, 2.24) is 15.1 Å². The van der Waals surface area contributed by atoms with E-state index in [9.17, 15) is 14.4 Å². The molecule has 1 aromatic carbocycles. The van der Waals surface area contributed by atoms with Crippen LogP contribution in [0.3, 0.4) is 0 Å². The fourth-order valence-corrected chi connectivity index (χ4v) is 2.68. The largest absolute Gasteiger partial charge is 0.478 e. The second-order valence-corrected chi connectivity index (χ2v) is 6.16. The summed E-state index contributed by atoms with van der Waals surface area (Å²) in [6.07, 6.45) is 0.778. The zero-order chi connectivity index (χ0) is 18.4. The van der Waals surface area contributed by atoms with Crippen molar-refractivity contribution < 1.29 is 24.6 Å². The molecule has 1 aliphatic rings. The Hall–Kier alpha value is -2.45. The van der Waals surface area contributed by atoms with Gasteiger partial charge in [-0.3, -0.25) is 4.79 Å². The highest BCUT2D eigenvalue weighted by molar-refractivity contribution is 6.01. The maximum atomic E-state index is 12.2. The minimum atomic E-state index is -1.27. The molecule has 1 aromatic rings. The monoisotopic (exact) mass is 349 g/mol. The van der Waals surface area contributed by atoms with Crippen molar-refractivity contribution >= 4 is 17.8 Å². The van der Waals surface area contributed by atoms with Crippen molar-refractivity contribution in [3.05, 3.63) is 34.9 Å². The molecule has 3 N–H and O–H groups in total. The Labute approximate surface area is 146 Å². The number of hydrogen-bond acceptors (Lipinski definition) is 5. The lowest BCUT2D eigenvalue weighted by atomic mass is 10.0. The van der Waals surface area contributed by atoms with Gasteiger partial charge in [-0.05, 0) is 38.2 Å². The van der Waals surface area contributed by atoms with E-state index >= 15 is 0 Å². The van der Waals surface area contributed by atoms with Crippen LogP contribution >= 0.6 is 0 Å². The van der Waals surface area contributed by atoms with Crippen LogP contribution in [0.5, 0.6) is 0 Å². The Kier molecular flexibility index (Phi) is 6.49. The number of hydrogen-bond donors (Lipinski definition) is 3. The molecule has 0 atom stereocenters. The lowest BCUT2D eigenvalue weighted by Crippen LogP contribution is -2.45. The number of carbonyl (C=O) groups excluding carboxylic acids is 1. The molecule has 0 aromatic heterocycles. The Balaban J connectivity index is 1.87. The first-order chi connectivity index (χ1) is 11.9. The van der Waals surface area contributed by atoms with Crippen molar-refractivity contribution in [2.75, 3.05) is 46.3 Å². The number of rotatable bonds is 7. The molecule has 1 amide bonds. The summed E-state index contributed by atoms with van der Waals surface area (Å²) in [5.41, 5.74) is -0.401. The Bertz CT molecular complexity index is 621. The van der Waals surface area contributed by atoms with Gasteiger partial charge in [-0.1, -0.05) is 0 Å². The van der Waals surface area contributed by atoms with Crippen LogP contribution in [0.2, 0.25) is 0 Å². The second kappa shape index (κ2) is 8.59. The molecule has 0 aliphatic carbocycles. The number of carboxylic acid groups (broad SMARTS) is 2. The molecule has 8 heteroatoms. The van der Waals surface area contributed by atoms with Crippen LogP contribution in [0.4, 0.5) is 0 Å². The molecular weight excluding hydrogens is 326 g/mol. The number of likely N-dealkylation sites (N-methyl/N-ethyl adjacent to an activating group) is 1. The molecule has 0 radical (unpaired) electrons. The quantitative estimate of drug-likeness (QED) is 0.613. The Morgan fingerprint density at radius 3 is 2.00 bits per heavy atom. The lowest BCUT2D eigenvalue weighted by Gasteiger charge is -2.32. The number of aromatic carboxylic acids is 2. The minimum Gasteiger partial charge on any atom is -0.478 e. The van der Waals surface area contributed by atoms with Crippen molar-refractivity contribution in [1.29, 1.82) is 0 Å². The summed E-state index contributed by atoms with van der Waals surface area (Å²) in [6, 6.07) is 3.41. The molecular formula is C17H23N3O5. The zero-order valence-corrected chi connectivity index (χ0v) is 14.2. The lowest BCUT2D eigenvalue weighted by molar-refractivity contribution is 0.0696. The third-order valence-electron chi connectivity index (χ3n) is 4.22. The molecule has 8 nitrogen and oxygen atoms in total. The van der Waals surface area contributed by atoms with Crippen molar-refractivity contribution in [2.24, 2.45) is 0 Å². The first-order valence-corrected chi connectivity index (χ1v) is 8.17. The molecule has 0 unspecified atom stereocenters. The van der Waals surface area contributed by atoms with Crippen LogP contribution < -0.4 is 5.32 Å². The summed E-state index contributed by atoms with van der Waals surface area (Å²) in [5.74, 6) is -3.01. The van der Waals surface area contributed by atoms with E-state index in [1.165, 1.54) is 12.1 Å². The normalized spacial score (nSPS) is 15.7. The van der Waals surface area contributed by atoms with Crippen LogP contribution in [0.1, 0.15) is 37.5 Å². The molecule has 1 saturated heterocycles. The Morgan fingerprint density at radius 2 is 1.48 bits per heavy atom. The fraction of sp³-hybridized carbons (Fsp3) is 0.471. The average Bonchev–Trinajstić information content (AvgIpc) is 2.59. The molecule has 0 spiro atoms. The van der Waals surface area contributed by atoms with Gasteiger partial charge in [-0.15, -0.1) is 0 Å². The summed E-state index contributed by atoms with van der Waals surface area (Å²) in [5, 5.41) is 20.8. The first kappa shape index (κ1) is 18.9. The van der Waals surface area contributed by atoms with E-state index in [1.807, 2.05) is 0 Å². The van der Waals surface area contributed by atoms with E-state index in [1.54, 1.807) is 0 Å². The average molecular weight is 349 g/mol. The van der Waals surface area contributed by atoms with E-state index in [0.717, 1.165) is 45.2 Å². The van der Waals surface area contributed by atoms with E-state index in [4.69, 9.17) is 10.2 Å². The van der Waals surface area contributed by atoms with Gasteiger partial charge >= 0.3 is 11.9 Å². The number of benzene rings is 1. The number of carbonyl (C=O) groups is 3. The summed E-state index contributed by atoms with van der Waals surface area (Å²) in [7, 11) is 2.09. The Morgan fingerprint density at radius 1 is 0.960 bits per heavy atom. The standard InChI is InChI=1S/C17H23N3O5/c1-19-5-7-20(8-6-19)4-2-3-18-15(21)12-9-13(16(22)23)11-14(10-12)17(24)25/h9-11H,2-8H2,1H3,(H,18,21)(H,22,23)(H,24,25). The molecule has 0 bridgehead atoms. The molecule has 136 valence electrons. The van der Waals surface area contributed by atoms with Gasteiger partial charge in [-0.25, -0.2) is 9.59 Å². The third-order valence-corrected chi connectivity index (χ3v) is 4.22. The van der Waals surface area contributed by atoms with Crippen molar-refractivity contribution in [2.45, 2.75) is 6.42 Å². The van der Waals surface area contributed by atoms with E-state index in [2.05, 4.69) is 22.2 Å². The van der Waals surface area contributed by atoms with Gasteiger partial charge in [-0.2, -0.15) is 0 Å². The van der Waals surface area contributed by atoms with Gasteiger partial charge in [0.1, 0.15) is 0 Å². The predicted octanol–water partition coefficient (Wildman–Crippen LogP) is 0.450. The van der Waals surface area contributed by atoms with E-state index in [-0.39, 0.29) is 16.7 Å². The summed E-state index contributed by atoms with van der Waals surface area (Å²) in [4.78, 5) is 38.9. The molecule has 1 aliphatic heterocycles. The van der Waals surface area contributed by atoms with Crippen LogP contribution in [-0.2, 0) is 0 Å². The van der Waals surface area contributed by atoms with E-state index < -0.39 is 17.8 Å². The van der Waals surface area contributed by atoms with Crippen LogP contribution in [-0.4, -0.2) is 84.2 Å². The highest BCUT2D eigenvalue weighted by atomic mass is 16.4. The number of nitrogens with zero attached hydrogens (tertiary/aromatic N) is 2.